The Morgan fingerprint density at radius 3 is 2.34 bits per heavy atom. The lowest BCUT2D eigenvalue weighted by Gasteiger charge is -2.24. The molecule has 1 amide bonds. The second kappa shape index (κ2) is 8.82. The summed E-state index contributed by atoms with van der Waals surface area (Å²) in [5.41, 5.74) is 0.788. The number of carbonyl (C=O) groups is 2. The molecular formula is C23H15Cl3N2O4. The molecule has 0 spiro atoms. The van der Waals surface area contributed by atoms with Gasteiger partial charge in [-0.3, -0.25) is 19.5 Å². The van der Waals surface area contributed by atoms with Crippen LogP contribution in [-0.2, 0) is 9.59 Å². The molecule has 0 aliphatic carbocycles. The number of Topliss-reactive ketones (excluding diaryl/α,β-unsaturated/α-hetero) is 1. The van der Waals surface area contributed by atoms with Gasteiger partial charge in [0.25, 0.3) is 11.7 Å². The van der Waals surface area contributed by atoms with Crippen molar-refractivity contribution in [2.24, 2.45) is 0 Å². The SMILES string of the molecule is COc1c(Cl)cc(/C(O)=C2\C(=O)C(=O)N(c3cccc(Cl)c3)C2c2ccccn2)cc1Cl. The molecule has 1 aromatic heterocycles. The third-order valence-electron chi connectivity index (χ3n) is 4.97. The van der Waals surface area contributed by atoms with Crippen molar-refractivity contribution in [2.75, 3.05) is 12.0 Å². The largest absolute Gasteiger partial charge is 0.507 e. The molecule has 0 saturated carbocycles. The highest BCUT2D eigenvalue weighted by molar-refractivity contribution is 6.52. The first-order chi connectivity index (χ1) is 15.3. The van der Waals surface area contributed by atoms with E-state index in [0.29, 0.717) is 16.4 Å². The number of hydrogen-bond acceptors (Lipinski definition) is 5. The van der Waals surface area contributed by atoms with Gasteiger partial charge in [-0.1, -0.05) is 46.9 Å². The standard InChI is InChI=1S/C23H15Cl3N2O4/c1-32-22-15(25)9-12(10-16(22)26)20(29)18-19(17-7-2-3-8-27-17)28(23(31)21(18)30)14-6-4-5-13(24)11-14/h2-11,19,29H,1H3/b20-18+. The fourth-order valence-corrected chi connectivity index (χ4v) is 4.42. The average molecular weight is 490 g/mol. The van der Waals surface area contributed by atoms with E-state index in [9.17, 15) is 14.7 Å². The molecule has 1 fully saturated rings. The van der Waals surface area contributed by atoms with Gasteiger partial charge in [-0.25, -0.2) is 0 Å². The van der Waals surface area contributed by atoms with Crippen LogP contribution in [0.2, 0.25) is 15.1 Å². The van der Waals surface area contributed by atoms with Gasteiger partial charge in [0.1, 0.15) is 11.8 Å². The van der Waals surface area contributed by atoms with E-state index in [1.165, 1.54) is 30.3 Å². The summed E-state index contributed by atoms with van der Waals surface area (Å²) in [5, 5.41) is 11.8. The van der Waals surface area contributed by atoms with Gasteiger partial charge in [0, 0.05) is 22.5 Å². The molecule has 2 heterocycles. The minimum atomic E-state index is -0.991. The van der Waals surface area contributed by atoms with Crippen LogP contribution < -0.4 is 9.64 Å². The maximum Gasteiger partial charge on any atom is 0.300 e. The summed E-state index contributed by atoms with van der Waals surface area (Å²) >= 11 is 18.5. The number of hydrogen-bond donors (Lipinski definition) is 1. The Morgan fingerprint density at radius 1 is 1.03 bits per heavy atom. The van der Waals surface area contributed by atoms with Crippen LogP contribution >= 0.6 is 34.8 Å². The molecule has 2 aromatic carbocycles. The topological polar surface area (TPSA) is 79.7 Å². The van der Waals surface area contributed by atoms with Crippen LogP contribution in [0.4, 0.5) is 5.69 Å². The van der Waals surface area contributed by atoms with E-state index < -0.39 is 23.5 Å². The maximum absolute atomic E-state index is 13.1. The van der Waals surface area contributed by atoms with Crippen molar-refractivity contribution in [1.82, 2.24) is 4.98 Å². The zero-order valence-corrected chi connectivity index (χ0v) is 18.8. The molecule has 32 heavy (non-hydrogen) atoms. The van der Waals surface area contributed by atoms with Crippen LogP contribution in [0.25, 0.3) is 5.76 Å². The van der Waals surface area contributed by atoms with E-state index in [1.54, 1.807) is 42.5 Å². The van der Waals surface area contributed by atoms with Crippen molar-refractivity contribution < 1.29 is 19.4 Å². The number of aliphatic hydroxyl groups excluding tert-OH is 1. The van der Waals surface area contributed by atoms with Gasteiger partial charge in [0.05, 0.1) is 28.4 Å². The van der Waals surface area contributed by atoms with Crippen LogP contribution in [0.15, 0.2) is 66.4 Å². The lowest BCUT2D eigenvalue weighted by atomic mass is 9.98. The smallest absolute Gasteiger partial charge is 0.300 e. The van der Waals surface area contributed by atoms with Crippen LogP contribution in [0.5, 0.6) is 5.75 Å². The Balaban J connectivity index is 1.96. The van der Waals surface area contributed by atoms with Crippen molar-refractivity contribution in [3.05, 3.63) is 92.7 Å². The summed E-state index contributed by atoms with van der Waals surface area (Å²) in [6, 6.07) is 13.4. The maximum atomic E-state index is 13.1. The van der Waals surface area contributed by atoms with Crippen LogP contribution in [-0.4, -0.2) is 28.9 Å². The first kappa shape index (κ1) is 22.1. The highest BCUT2D eigenvalue weighted by Gasteiger charge is 2.47. The van der Waals surface area contributed by atoms with Crippen molar-refractivity contribution in [1.29, 1.82) is 0 Å². The van der Waals surface area contributed by atoms with Gasteiger partial charge in [0.15, 0.2) is 5.75 Å². The van der Waals surface area contributed by atoms with Crippen molar-refractivity contribution in [3.8, 4) is 5.75 Å². The first-order valence-electron chi connectivity index (χ1n) is 9.34. The Morgan fingerprint density at radius 2 is 1.75 bits per heavy atom. The third-order valence-corrected chi connectivity index (χ3v) is 5.77. The minimum absolute atomic E-state index is 0.139. The summed E-state index contributed by atoms with van der Waals surface area (Å²) in [6.45, 7) is 0. The van der Waals surface area contributed by atoms with Gasteiger partial charge in [-0.05, 0) is 42.5 Å². The molecule has 1 N–H and O–H groups in total. The number of halogens is 3. The monoisotopic (exact) mass is 488 g/mol. The number of pyridine rings is 1. The minimum Gasteiger partial charge on any atom is -0.507 e. The number of ketones is 1. The molecule has 1 saturated heterocycles. The van der Waals surface area contributed by atoms with E-state index in [1.807, 2.05) is 0 Å². The molecule has 1 atom stereocenters. The molecule has 3 aromatic rings. The molecule has 0 radical (unpaired) electrons. The molecule has 4 rings (SSSR count). The van der Waals surface area contributed by atoms with Gasteiger partial charge < -0.3 is 9.84 Å². The molecular weight excluding hydrogens is 475 g/mol. The summed E-state index contributed by atoms with van der Waals surface area (Å²) in [5.74, 6) is -1.91. The van der Waals surface area contributed by atoms with E-state index in [2.05, 4.69) is 4.98 Å². The molecule has 1 unspecified atom stereocenters. The number of methoxy groups -OCH3 is 1. The lowest BCUT2D eigenvalue weighted by Crippen LogP contribution is -2.29. The number of anilines is 1. The van der Waals surface area contributed by atoms with Crippen LogP contribution in [0.3, 0.4) is 0 Å². The molecule has 0 bridgehead atoms. The third kappa shape index (κ3) is 3.81. The molecule has 9 heteroatoms. The highest BCUT2D eigenvalue weighted by Crippen LogP contribution is 2.43. The Hall–Kier alpha value is -3.06. The Bertz CT molecular complexity index is 1240. The van der Waals surface area contributed by atoms with E-state index >= 15 is 0 Å². The number of ether oxygens (including phenoxy) is 1. The van der Waals surface area contributed by atoms with Crippen LogP contribution in [0.1, 0.15) is 17.3 Å². The summed E-state index contributed by atoms with van der Waals surface area (Å²) in [6.07, 6.45) is 1.54. The average Bonchev–Trinajstić information content (AvgIpc) is 3.04. The molecule has 1 aliphatic rings. The highest BCUT2D eigenvalue weighted by atomic mass is 35.5. The van der Waals surface area contributed by atoms with E-state index in [0.717, 1.165) is 0 Å². The van der Waals surface area contributed by atoms with Gasteiger partial charge >= 0.3 is 0 Å². The Labute approximate surface area is 198 Å². The number of aromatic nitrogens is 1. The zero-order chi connectivity index (χ0) is 23.0. The van der Waals surface area contributed by atoms with Gasteiger partial charge in [-0.2, -0.15) is 0 Å². The second-order valence-corrected chi connectivity index (χ2v) is 8.13. The van der Waals surface area contributed by atoms with Crippen molar-refractivity contribution >= 4 is 57.9 Å². The summed E-state index contributed by atoms with van der Waals surface area (Å²) in [7, 11) is 1.41. The van der Waals surface area contributed by atoms with E-state index in [-0.39, 0.29) is 26.9 Å². The number of aliphatic hydroxyl groups is 1. The van der Waals surface area contributed by atoms with E-state index in [4.69, 9.17) is 39.5 Å². The van der Waals surface area contributed by atoms with Gasteiger partial charge in [-0.15, -0.1) is 0 Å². The zero-order valence-electron chi connectivity index (χ0n) is 16.6. The molecule has 6 nitrogen and oxygen atoms in total. The second-order valence-electron chi connectivity index (χ2n) is 6.88. The number of benzene rings is 2. The number of rotatable bonds is 4. The number of nitrogens with zero attached hydrogens (tertiary/aromatic N) is 2. The Kier molecular flexibility index (Phi) is 6.11. The fraction of sp³-hybridized carbons (Fsp3) is 0.0870. The van der Waals surface area contributed by atoms with Crippen molar-refractivity contribution in [3.63, 3.8) is 0 Å². The number of amides is 1. The predicted molar refractivity (Wildman–Crippen MR) is 123 cm³/mol. The first-order valence-corrected chi connectivity index (χ1v) is 10.5. The lowest BCUT2D eigenvalue weighted by molar-refractivity contribution is -0.132. The fourth-order valence-electron chi connectivity index (χ4n) is 3.59. The predicted octanol–water partition coefficient (Wildman–Crippen LogP) is 5.68. The summed E-state index contributed by atoms with van der Waals surface area (Å²) < 4.78 is 5.14. The normalized spacial score (nSPS) is 17.6. The van der Waals surface area contributed by atoms with Crippen LogP contribution in [0, 0.1) is 0 Å². The summed E-state index contributed by atoms with van der Waals surface area (Å²) in [4.78, 5) is 31.8. The van der Waals surface area contributed by atoms with Crippen molar-refractivity contribution in [2.45, 2.75) is 6.04 Å². The molecule has 162 valence electrons. The quantitative estimate of drug-likeness (QED) is 0.290. The molecule has 1 aliphatic heterocycles. The van der Waals surface area contributed by atoms with Gasteiger partial charge in [0.2, 0.25) is 0 Å². The number of carbonyl (C=O) groups excluding carboxylic acids is 2.